The molecule has 6 nitrogen and oxygen atoms in total. The summed E-state index contributed by atoms with van der Waals surface area (Å²) in [5.41, 5.74) is 1.88. The third-order valence-electron chi connectivity index (χ3n) is 5.69. The Morgan fingerprint density at radius 3 is 1.66 bits per heavy atom. The smallest absolute Gasteiger partial charge is 0.199 e. The van der Waals surface area contributed by atoms with Gasteiger partial charge < -0.3 is 14.2 Å². The quantitative estimate of drug-likeness (QED) is 0.653. The van der Waals surface area contributed by atoms with Gasteiger partial charge in [0.05, 0.1) is 6.54 Å². The molecule has 0 N–H and O–H groups in total. The van der Waals surface area contributed by atoms with Crippen molar-refractivity contribution in [3.8, 4) is 0 Å². The van der Waals surface area contributed by atoms with Crippen LogP contribution in [-0.2, 0) is 14.2 Å². The fourth-order valence-corrected chi connectivity index (χ4v) is 3.81. The maximum Gasteiger partial charge on any atom is 0.199 e. The highest BCUT2D eigenvalue weighted by molar-refractivity contribution is 6.05. The van der Waals surface area contributed by atoms with Crippen LogP contribution in [0, 0.1) is 5.41 Å². The summed E-state index contributed by atoms with van der Waals surface area (Å²) in [5.74, 6) is 2.32. The number of hydrogen-bond donors (Lipinski definition) is 0. The molecule has 0 radical (unpaired) electrons. The molecule has 2 atom stereocenters. The first-order valence-electron chi connectivity index (χ1n) is 11.3. The van der Waals surface area contributed by atoms with E-state index in [1.807, 2.05) is 43.3 Å². The van der Waals surface area contributed by atoms with Crippen molar-refractivity contribution in [1.29, 1.82) is 0 Å². The van der Waals surface area contributed by atoms with Crippen LogP contribution < -0.4 is 0 Å². The second-order valence-corrected chi connectivity index (χ2v) is 8.45. The summed E-state index contributed by atoms with van der Waals surface area (Å²) in [6, 6.07) is 20.6. The minimum absolute atomic E-state index is 0.0439. The molecule has 2 aromatic carbocycles. The van der Waals surface area contributed by atoms with Gasteiger partial charge in [0.2, 0.25) is 0 Å². The third-order valence-corrected chi connectivity index (χ3v) is 5.69. The molecule has 2 unspecified atom stereocenters. The summed E-state index contributed by atoms with van der Waals surface area (Å²) in [6.45, 7) is 8.96. The first-order valence-corrected chi connectivity index (χ1v) is 11.3. The molecular weight excluding hydrogens is 402 g/mol. The Bertz CT molecular complexity index is 916. The molecule has 3 heterocycles. The second kappa shape index (κ2) is 9.98. The van der Waals surface area contributed by atoms with Gasteiger partial charge in [-0.05, 0) is 25.0 Å². The molecule has 0 saturated carbocycles. The predicted octanol–water partition coefficient (Wildman–Crippen LogP) is 5.18. The molecule has 0 fully saturated rings. The molecule has 0 spiro atoms. The number of benzene rings is 2. The lowest BCUT2D eigenvalue weighted by Gasteiger charge is -2.22. The van der Waals surface area contributed by atoms with E-state index in [-0.39, 0.29) is 12.1 Å². The van der Waals surface area contributed by atoms with Gasteiger partial charge in [-0.15, -0.1) is 0 Å². The molecule has 2 aromatic rings. The summed E-state index contributed by atoms with van der Waals surface area (Å²) in [4.78, 5) is 13.7. The van der Waals surface area contributed by atoms with Crippen molar-refractivity contribution in [3.63, 3.8) is 0 Å². The molecule has 3 aliphatic heterocycles. The monoisotopic (exact) mass is 433 g/mol. The Labute approximate surface area is 190 Å². The highest BCUT2D eigenvalue weighted by Gasteiger charge is 2.41. The van der Waals surface area contributed by atoms with E-state index in [0.29, 0.717) is 25.0 Å². The number of rotatable bonds is 5. The molecule has 5 rings (SSSR count). The standard InChI is InChI=1S/C21H22N2O2.C5H9NO/c1-21(2,19-22-17(13-24-19)15-9-5-3-6-10-15)20-23-18(14-25-20)16-11-7-4-8-12-16;1-2-5-6-3-4-7-5/h3-12,17-18H,13-14H2,1-2H3;2-4H2,1H3. The molecule has 32 heavy (non-hydrogen) atoms. The third kappa shape index (κ3) is 5.01. The van der Waals surface area contributed by atoms with Crippen molar-refractivity contribution in [2.24, 2.45) is 20.4 Å². The van der Waals surface area contributed by atoms with Crippen LogP contribution in [0.1, 0.15) is 50.4 Å². The van der Waals surface area contributed by atoms with Gasteiger partial charge in [-0.1, -0.05) is 67.6 Å². The molecule has 6 heteroatoms. The van der Waals surface area contributed by atoms with Crippen molar-refractivity contribution in [3.05, 3.63) is 71.8 Å². The van der Waals surface area contributed by atoms with E-state index in [1.165, 1.54) is 11.1 Å². The van der Waals surface area contributed by atoms with E-state index in [2.05, 4.69) is 43.1 Å². The molecule has 0 aliphatic carbocycles. The van der Waals surface area contributed by atoms with Crippen molar-refractivity contribution >= 4 is 17.7 Å². The Morgan fingerprint density at radius 2 is 1.28 bits per heavy atom. The molecule has 0 amide bonds. The van der Waals surface area contributed by atoms with Gasteiger partial charge in [0.1, 0.15) is 37.3 Å². The molecule has 0 aromatic heterocycles. The minimum Gasteiger partial charge on any atom is -0.479 e. The Kier molecular flexibility index (Phi) is 6.88. The van der Waals surface area contributed by atoms with Crippen molar-refractivity contribution < 1.29 is 14.2 Å². The van der Waals surface area contributed by atoms with Gasteiger partial charge in [0, 0.05) is 6.42 Å². The SMILES string of the molecule is CC(C)(C1=NC(c2ccccc2)CO1)C1=NC(c2ccccc2)CO1.CCC1=NCCO1. The van der Waals surface area contributed by atoms with Crippen LogP contribution in [0.4, 0.5) is 0 Å². The van der Waals surface area contributed by atoms with E-state index >= 15 is 0 Å². The van der Waals surface area contributed by atoms with Crippen LogP contribution in [0.5, 0.6) is 0 Å². The van der Waals surface area contributed by atoms with Gasteiger partial charge in [0.25, 0.3) is 0 Å². The Morgan fingerprint density at radius 1 is 0.781 bits per heavy atom. The maximum absolute atomic E-state index is 5.93. The van der Waals surface area contributed by atoms with Gasteiger partial charge in [-0.25, -0.2) is 9.98 Å². The van der Waals surface area contributed by atoms with Gasteiger partial charge >= 0.3 is 0 Å². The summed E-state index contributed by atoms with van der Waals surface area (Å²) < 4.78 is 16.9. The molecular formula is C26H31N3O3. The molecule has 0 bridgehead atoms. The topological polar surface area (TPSA) is 64.8 Å². The van der Waals surface area contributed by atoms with Crippen molar-refractivity contribution in [2.75, 3.05) is 26.4 Å². The number of nitrogens with zero attached hydrogens (tertiary/aromatic N) is 3. The largest absolute Gasteiger partial charge is 0.479 e. The summed E-state index contributed by atoms with van der Waals surface area (Å²) in [7, 11) is 0. The fourth-order valence-electron chi connectivity index (χ4n) is 3.81. The normalized spacial score (nSPS) is 21.9. The maximum atomic E-state index is 5.93. The van der Waals surface area contributed by atoms with E-state index < -0.39 is 5.41 Å². The van der Waals surface area contributed by atoms with Crippen LogP contribution >= 0.6 is 0 Å². The van der Waals surface area contributed by atoms with Crippen LogP contribution in [0.3, 0.4) is 0 Å². The Balaban J connectivity index is 0.000000300. The average molecular weight is 434 g/mol. The lowest BCUT2D eigenvalue weighted by atomic mass is 9.93. The van der Waals surface area contributed by atoms with Gasteiger partial charge in [-0.3, -0.25) is 4.99 Å². The lowest BCUT2D eigenvalue weighted by molar-refractivity contribution is 0.265. The van der Waals surface area contributed by atoms with Crippen LogP contribution in [0.15, 0.2) is 75.6 Å². The molecule has 0 saturated heterocycles. The first kappa shape index (κ1) is 22.1. The van der Waals surface area contributed by atoms with Crippen LogP contribution in [-0.4, -0.2) is 44.1 Å². The summed E-state index contributed by atoms with van der Waals surface area (Å²) in [5, 5.41) is 0. The van der Waals surface area contributed by atoms with E-state index in [9.17, 15) is 0 Å². The highest BCUT2D eigenvalue weighted by Crippen LogP contribution is 2.35. The minimum atomic E-state index is -0.465. The highest BCUT2D eigenvalue weighted by atomic mass is 16.5. The zero-order valence-corrected chi connectivity index (χ0v) is 19.0. The Hall–Kier alpha value is -3.15. The predicted molar refractivity (Wildman–Crippen MR) is 127 cm³/mol. The number of ether oxygens (including phenoxy) is 3. The fraction of sp³-hybridized carbons (Fsp3) is 0.423. The van der Waals surface area contributed by atoms with Crippen molar-refractivity contribution in [1.82, 2.24) is 0 Å². The van der Waals surface area contributed by atoms with Crippen LogP contribution in [0.25, 0.3) is 0 Å². The van der Waals surface area contributed by atoms with Gasteiger partial charge in [0.15, 0.2) is 17.7 Å². The molecule has 3 aliphatic rings. The van der Waals surface area contributed by atoms with E-state index in [4.69, 9.17) is 24.2 Å². The molecule has 168 valence electrons. The van der Waals surface area contributed by atoms with Crippen molar-refractivity contribution in [2.45, 2.75) is 39.3 Å². The average Bonchev–Trinajstić information content (AvgIpc) is 3.62. The summed E-state index contributed by atoms with van der Waals surface area (Å²) >= 11 is 0. The second-order valence-electron chi connectivity index (χ2n) is 8.45. The lowest BCUT2D eigenvalue weighted by Crippen LogP contribution is -2.34. The first-order chi connectivity index (χ1) is 15.6. The van der Waals surface area contributed by atoms with Gasteiger partial charge in [-0.2, -0.15) is 0 Å². The van der Waals surface area contributed by atoms with E-state index in [0.717, 1.165) is 25.5 Å². The zero-order valence-electron chi connectivity index (χ0n) is 19.0. The zero-order chi connectivity index (χ0) is 22.4. The number of hydrogen-bond acceptors (Lipinski definition) is 6. The van der Waals surface area contributed by atoms with E-state index in [1.54, 1.807) is 0 Å². The van der Waals surface area contributed by atoms with Crippen LogP contribution in [0.2, 0.25) is 0 Å². The number of aliphatic imine (C=N–C) groups is 3. The summed E-state index contributed by atoms with van der Waals surface area (Å²) in [6.07, 6.45) is 0.944.